The van der Waals surface area contributed by atoms with Gasteiger partial charge in [-0.25, -0.2) is 0 Å². The van der Waals surface area contributed by atoms with Crippen molar-refractivity contribution in [1.29, 1.82) is 0 Å². The number of anilines is 1. The summed E-state index contributed by atoms with van der Waals surface area (Å²) in [5.41, 5.74) is 11.8. The Hall–Kier alpha value is -1.76. The van der Waals surface area contributed by atoms with Crippen LogP contribution in [0, 0.1) is 0 Å². The Morgan fingerprint density at radius 1 is 1.29 bits per heavy atom. The number of hydrogen-bond acceptors (Lipinski definition) is 1. The van der Waals surface area contributed by atoms with E-state index in [1.54, 1.807) is 0 Å². The number of rotatable bonds is 2. The number of nitrogen functional groups attached to an aromatic ring is 1. The van der Waals surface area contributed by atoms with Crippen molar-refractivity contribution in [3.05, 3.63) is 59.7 Å². The van der Waals surface area contributed by atoms with Crippen LogP contribution < -0.4 is 5.73 Å². The van der Waals surface area contributed by atoms with E-state index in [9.17, 15) is 0 Å². The van der Waals surface area contributed by atoms with Crippen molar-refractivity contribution in [2.24, 2.45) is 0 Å². The second-order valence-corrected chi connectivity index (χ2v) is 4.96. The molecule has 2 N–H and O–H groups in total. The summed E-state index contributed by atoms with van der Waals surface area (Å²) in [6.45, 7) is 10.4. The normalized spacial score (nSPS) is 17.6. The maximum absolute atomic E-state index is 5.90. The van der Waals surface area contributed by atoms with Gasteiger partial charge in [-0.1, -0.05) is 44.7 Å². The molecule has 88 valence electrons. The third kappa shape index (κ3) is 1.62. The molecule has 1 nitrogen and oxygen atoms in total. The molecule has 17 heavy (non-hydrogen) atoms. The molecule has 0 bridgehead atoms. The van der Waals surface area contributed by atoms with Gasteiger partial charge in [-0.3, -0.25) is 0 Å². The van der Waals surface area contributed by atoms with E-state index in [1.165, 1.54) is 22.3 Å². The lowest BCUT2D eigenvalue weighted by Crippen LogP contribution is -2.16. The molecule has 0 saturated heterocycles. The van der Waals surface area contributed by atoms with Gasteiger partial charge in [-0.2, -0.15) is 0 Å². The van der Waals surface area contributed by atoms with Crippen LogP contribution in [0.5, 0.6) is 0 Å². The van der Waals surface area contributed by atoms with Crippen molar-refractivity contribution < 1.29 is 0 Å². The van der Waals surface area contributed by atoms with Crippen molar-refractivity contribution >= 4 is 11.3 Å². The number of fused-ring (bicyclic) bond motifs is 1. The Labute approximate surface area is 103 Å². The fourth-order valence-electron chi connectivity index (χ4n) is 2.63. The molecule has 0 heterocycles. The molecule has 1 heteroatoms. The van der Waals surface area contributed by atoms with Gasteiger partial charge >= 0.3 is 0 Å². The average Bonchev–Trinajstić information content (AvgIpc) is 2.49. The number of nitrogens with two attached hydrogens (primary N) is 1. The first-order chi connectivity index (χ1) is 8.02. The van der Waals surface area contributed by atoms with Gasteiger partial charge in [0.2, 0.25) is 0 Å². The first-order valence-corrected chi connectivity index (χ1v) is 5.92. The molecule has 0 fully saturated rings. The van der Waals surface area contributed by atoms with Crippen molar-refractivity contribution in [3.8, 4) is 0 Å². The predicted molar refractivity (Wildman–Crippen MR) is 75.8 cm³/mol. The van der Waals surface area contributed by atoms with Gasteiger partial charge in [0.1, 0.15) is 0 Å². The highest BCUT2D eigenvalue weighted by Gasteiger charge is 2.35. The number of allylic oxidation sites excluding steroid dienone is 5. The lowest BCUT2D eigenvalue weighted by atomic mass is 9.81. The summed E-state index contributed by atoms with van der Waals surface area (Å²) in [4.78, 5) is 0. The maximum Gasteiger partial charge on any atom is 0.0317 e. The molecule has 0 unspecified atom stereocenters. The van der Waals surface area contributed by atoms with E-state index in [4.69, 9.17) is 5.73 Å². The molecule has 2 rings (SSSR count). The first kappa shape index (κ1) is 11.7. The van der Waals surface area contributed by atoms with Crippen LogP contribution in [-0.4, -0.2) is 0 Å². The third-order valence-corrected chi connectivity index (χ3v) is 3.51. The van der Waals surface area contributed by atoms with Gasteiger partial charge in [0.15, 0.2) is 0 Å². The summed E-state index contributed by atoms with van der Waals surface area (Å²) in [6.07, 6.45) is 6.20. The Balaban J connectivity index is 2.75. The van der Waals surface area contributed by atoms with Crippen LogP contribution in [0.2, 0.25) is 0 Å². The van der Waals surface area contributed by atoms with Crippen molar-refractivity contribution in [2.75, 3.05) is 5.73 Å². The molecule has 0 aromatic heterocycles. The molecule has 0 amide bonds. The fraction of sp³-hybridized carbons (Fsp3) is 0.250. The van der Waals surface area contributed by atoms with E-state index in [1.807, 2.05) is 19.1 Å². The Morgan fingerprint density at radius 3 is 2.59 bits per heavy atom. The second kappa shape index (κ2) is 3.92. The summed E-state index contributed by atoms with van der Waals surface area (Å²) in [7, 11) is 0. The van der Waals surface area contributed by atoms with E-state index in [0.29, 0.717) is 0 Å². The largest absolute Gasteiger partial charge is 0.399 e. The van der Waals surface area contributed by atoms with E-state index in [-0.39, 0.29) is 5.41 Å². The van der Waals surface area contributed by atoms with Crippen LogP contribution in [0.25, 0.3) is 5.57 Å². The van der Waals surface area contributed by atoms with Crippen LogP contribution in [0.3, 0.4) is 0 Å². The highest BCUT2D eigenvalue weighted by atomic mass is 14.5. The lowest BCUT2D eigenvalue weighted by molar-refractivity contribution is 0.654. The molecule has 1 aromatic carbocycles. The minimum Gasteiger partial charge on any atom is -0.399 e. The molecular weight excluding hydrogens is 206 g/mol. The monoisotopic (exact) mass is 225 g/mol. The Bertz CT molecular complexity index is 530. The molecule has 0 atom stereocenters. The zero-order valence-corrected chi connectivity index (χ0v) is 10.7. The topological polar surface area (TPSA) is 26.0 Å². The van der Waals surface area contributed by atoms with Crippen molar-refractivity contribution in [1.82, 2.24) is 0 Å². The fourth-order valence-corrected chi connectivity index (χ4v) is 2.63. The van der Waals surface area contributed by atoms with Crippen LogP contribution in [0.1, 0.15) is 31.9 Å². The molecule has 0 radical (unpaired) electrons. The first-order valence-electron chi connectivity index (χ1n) is 5.92. The molecule has 1 aliphatic rings. The summed E-state index contributed by atoms with van der Waals surface area (Å²) < 4.78 is 0. The van der Waals surface area contributed by atoms with Gasteiger partial charge in [0, 0.05) is 11.1 Å². The summed E-state index contributed by atoms with van der Waals surface area (Å²) >= 11 is 0. The van der Waals surface area contributed by atoms with Crippen LogP contribution in [-0.2, 0) is 5.41 Å². The molecule has 1 aliphatic carbocycles. The lowest BCUT2D eigenvalue weighted by Gasteiger charge is -2.23. The SMILES string of the molecule is C=CC1=C(/C=C\C)C(C)(C)c2cc(N)ccc21. The van der Waals surface area contributed by atoms with E-state index in [0.717, 1.165) is 5.69 Å². The summed E-state index contributed by atoms with van der Waals surface area (Å²) in [6, 6.07) is 6.13. The second-order valence-electron chi connectivity index (χ2n) is 4.96. The Morgan fingerprint density at radius 2 is 2.00 bits per heavy atom. The Kier molecular flexibility index (Phi) is 2.70. The van der Waals surface area contributed by atoms with E-state index < -0.39 is 0 Å². The van der Waals surface area contributed by atoms with Gasteiger partial charge in [-0.15, -0.1) is 0 Å². The standard InChI is InChI=1S/C16H19N/c1-5-7-14-12(6-2)13-9-8-11(17)10-15(13)16(14,3)4/h5-10H,2,17H2,1,3-4H3/b7-5-. The third-order valence-electron chi connectivity index (χ3n) is 3.51. The van der Waals surface area contributed by atoms with E-state index in [2.05, 4.69) is 44.7 Å². The highest BCUT2D eigenvalue weighted by molar-refractivity contribution is 5.88. The minimum absolute atomic E-state index is 0.000741. The highest BCUT2D eigenvalue weighted by Crippen LogP contribution is 2.47. The molecule has 0 spiro atoms. The number of hydrogen-bond donors (Lipinski definition) is 1. The zero-order chi connectivity index (χ0) is 12.6. The minimum atomic E-state index is 0.000741. The van der Waals surface area contributed by atoms with Crippen LogP contribution >= 0.6 is 0 Å². The van der Waals surface area contributed by atoms with Crippen LogP contribution in [0.15, 0.2) is 48.6 Å². The van der Waals surface area contributed by atoms with Gasteiger partial charge in [-0.05, 0) is 41.3 Å². The predicted octanol–water partition coefficient (Wildman–Crippen LogP) is 4.08. The number of benzene rings is 1. The molecule has 0 saturated carbocycles. The van der Waals surface area contributed by atoms with Crippen molar-refractivity contribution in [2.45, 2.75) is 26.2 Å². The molecular formula is C16H19N. The molecule has 1 aromatic rings. The van der Waals surface area contributed by atoms with Gasteiger partial charge in [0.05, 0.1) is 0 Å². The van der Waals surface area contributed by atoms with Gasteiger partial charge in [0.25, 0.3) is 0 Å². The van der Waals surface area contributed by atoms with Crippen LogP contribution in [0.4, 0.5) is 5.69 Å². The van der Waals surface area contributed by atoms with Crippen molar-refractivity contribution in [3.63, 3.8) is 0 Å². The summed E-state index contributed by atoms with van der Waals surface area (Å²) in [5.74, 6) is 0. The molecule has 0 aliphatic heterocycles. The summed E-state index contributed by atoms with van der Waals surface area (Å²) in [5, 5.41) is 0. The maximum atomic E-state index is 5.90. The average molecular weight is 225 g/mol. The quantitative estimate of drug-likeness (QED) is 0.754. The van der Waals surface area contributed by atoms with Gasteiger partial charge < -0.3 is 5.73 Å². The van der Waals surface area contributed by atoms with E-state index >= 15 is 0 Å². The zero-order valence-electron chi connectivity index (χ0n) is 10.7. The smallest absolute Gasteiger partial charge is 0.0317 e.